The van der Waals surface area contributed by atoms with Gasteiger partial charge in [0.15, 0.2) is 0 Å². The Morgan fingerprint density at radius 1 is 1.33 bits per heavy atom. The van der Waals surface area contributed by atoms with E-state index in [1.54, 1.807) is 12.1 Å². The van der Waals surface area contributed by atoms with Crippen molar-refractivity contribution in [1.29, 1.82) is 0 Å². The van der Waals surface area contributed by atoms with Crippen LogP contribution in [-0.4, -0.2) is 17.8 Å². The summed E-state index contributed by atoms with van der Waals surface area (Å²) in [6.45, 7) is 2.41. The molecule has 1 aliphatic carbocycles. The Hall–Kier alpha value is -1.09. The molecule has 1 fully saturated rings. The molecule has 0 aromatic heterocycles. The minimum atomic E-state index is -0.229. The normalized spacial score (nSPS) is 25.7. The van der Waals surface area contributed by atoms with E-state index >= 15 is 0 Å². The van der Waals surface area contributed by atoms with Gasteiger partial charge in [-0.15, -0.1) is 0 Å². The van der Waals surface area contributed by atoms with Gasteiger partial charge in [0.2, 0.25) is 0 Å². The molecule has 2 N–H and O–H groups in total. The van der Waals surface area contributed by atoms with Crippen molar-refractivity contribution in [3.63, 3.8) is 0 Å². The zero-order chi connectivity index (χ0) is 13.0. The molecule has 0 amide bonds. The number of nitrogens with one attached hydrogen (secondary N) is 1. The van der Waals surface area contributed by atoms with Gasteiger partial charge in [0.05, 0.1) is 12.6 Å². The lowest BCUT2D eigenvalue weighted by Crippen LogP contribution is -2.35. The molecule has 0 bridgehead atoms. The SMILES string of the molecule is CC1CCCC(C(CO)Nc2ccc(F)cc2)C1. The summed E-state index contributed by atoms with van der Waals surface area (Å²) < 4.78 is 12.8. The third-order valence-electron chi connectivity index (χ3n) is 3.94. The zero-order valence-corrected chi connectivity index (χ0v) is 10.9. The summed E-state index contributed by atoms with van der Waals surface area (Å²) in [4.78, 5) is 0. The van der Waals surface area contributed by atoms with Crippen LogP contribution in [0.3, 0.4) is 0 Å². The minimum Gasteiger partial charge on any atom is -0.394 e. The van der Waals surface area contributed by atoms with Gasteiger partial charge in [-0.05, 0) is 48.9 Å². The Bertz CT molecular complexity index is 365. The van der Waals surface area contributed by atoms with E-state index in [1.807, 2.05) is 0 Å². The molecular weight excluding hydrogens is 229 g/mol. The van der Waals surface area contributed by atoms with E-state index in [9.17, 15) is 9.50 Å². The van der Waals surface area contributed by atoms with E-state index in [1.165, 1.54) is 37.8 Å². The molecule has 3 heteroatoms. The number of hydrogen-bond acceptors (Lipinski definition) is 2. The number of aliphatic hydroxyl groups is 1. The average molecular weight is 251 g/mol. The smallest absolute Gasteiger partial charge is 0.123 e. The molecule has 0 aliphatic heterocycles. The van der Waals surface area contributed by atoms with E-state index in [4.69, 9.17) is 0 Å². The van der Waals surface area contributed by atoms with Crippen LogP contribution in [0.15, 0.2) is 24.3 Å². The maximum Gasteiger partial charge on any atom is 0.123 e. The molecule has 1 saturated carbocycles. The molecule has 2 nitrogen and oxygen atoms in total. The molecule has 0 heterocycles. The Kier molecular flexibility index (Phi) is 4.59. The summed E-state index contributed by atoms with van der Waals surface area (Å²) in [5.41, 5.74) is 0.883. The molecule has 18 heavy (non-hydrogen) atoms. The first-order chi connectivity index (χ1) is 8.69. The highest BCUT2D eigenvalue weighted by Crippen LogP contribution is 2.31. The summed E-state index contributed by atoms with van der Waals surface area (Å²) in [7, 11) is 0. The molecule has 1 aromatic carbocycles. The monoisotopic (exact) mass is 251 g/mol. The lowest BCUT2D eigenvalue weighted by atomic mass is 9.78. The first kappa shape index (κ1) is 13.3. The summed E-state index contributed by atoms with van der Waals surface area (Å²) in [5.74, 6) is 1.03. The standard InChI is InChI=1S/C15H22FNO/c1-11-3-2-4-12(9-11)15(10-18)17-14-7-5-13(16)6-8-14/h5-8,11-12,15,17-18H,2-4,9-10H2,1H3. The third kappa shape index (κ3) is 3.45. The number of halogens is 1. The van der Waals surface area contributed by atoms with Gasteiger partial charge in [-0.3, -0.25) is 0 Å². The summed E-state index contributed by atoms with van der Waals surface area (Å²) >= 11 is 0. The third-order valence-corrected chi connectivity index (χ3v) is 3.94. The van der Waals surface area contributed by atoms with Gasteiger partial charge >= 0.3 is 0 Å². The van der Waals surface area contributed by atoms with Crippen LogP contribution in [0.5, 0.6) is 0 Å². The van der Waals surface area contributed by atoms with E-state index < -0.39 is 0 Å². The van der Waals surface area contributed by atoms with Crippen molar-refractivity contribution in [3.8, 4) is 0 Å². The van der Waals surface area contributed by atoms with Gasteiger partial charge < -0.3 is 10.4 Å². The number of hydrogen-bond donors (Lipinski definition) is 2. The second-order valence-electron chi connectivity index (χ2n) is 5.47. The lowest BCUT2D eigenvalue weighted by Gasteiger charge is -2.33. The van der Waals surface area contributed by atoms with Crippen molar-refractivity contribution in [3.05, 3.63) is 30.1 Å². The van der Waals surface area contributed by atoms with E-state index in [2.05, 4.69) is 12.2 Å². The first-order valence-corrected chi connectivity index (χ1v) is 6.82. The molecule has 2 rings (SSSR count). The zero-order valence-electron chi connectivity index (χ0n) is 10.9. The van der Waals surface area contributed by atoms with E-state index in [0.717, 1.165) is 11.6 Å². The number of anilines is 1. The van der Waals surface area contributed by atoms with Crippen LogP contribution in [0.25, 0.3) is 0 Å². The molecule has 3 unspecified atom stereocenters. The van der Waals surface area contributed by atoms with E-state index in [0.29, 0.717) is 5.92 Å². The van der Waals surface area contributed by atoms with Crippen LogP contribution < -0.4 is 5.32 Å². The van der Waals surface area contributed by atoms with Gasteiger partial charge in [-0.25, -0.2) is 4.39 Å². The van der Waals surface area contributed by atoms with Crippen molar-refractivity contribution < 1.29 is 9.50 Å². The van der Waals surface area contributed by atoms with E-state index in [-0.39, 0.29) is 18.5 Å². The molecule has 3 atom stereocenters. The Labute approximate surface area is 108 Å². The fourth-order valence-electron chi connectivity index (χ4n) is 2.92. The molecule has 100 valence electrons. The molecule has 0 saturated heterocycles. The highest BCUT2D eigenvalue weighted by Gasteiger charge is 2.26. The lowest BCUT2D eigenvalue weighted by molar-refractivity contribution is 0.188. The largest absolute Gasteiger partial charge is 0.394 e. The molecular formula is C15H22FNO. The summed E-state index contributed by atoms with van der Waals surface area (Å²) in [5, 5.41) is 12.9. The highest BCUT2D eigenvalue weighted by molar-refractivity contribution is 5.44. The van der Waals surface area contributed by atoms with Crippen molar-refractivity contribution in [1.82, 2.24) is 0 Å². The number of rotatable bonds is 4. The fraction of sp³-hybridized carbons (Fsp3) is 0.600. The van der Waals surface area contributed by atoms with Crippen molar-refractivity contribution in [2.45, 2.75) is 38.6 Å². The van der Waals surface area contributed by atoms with Crippen molar-refractivity contribution >= 4 is 5.69 Å². The highest BCUT2D eigenvalue weighted by atomic mass is 19.1. The second-order valence-corrected chi connectivity index (χ2v) is 5.47. The predicted molar refractivity (Wildman–Crippen MR) is 72.0 cm³/mol. The maximum atomic E-state index is 12.8. The Morgan fingerprint density at radius 3 is 2.67 bits per heavy atom. The molecule has 1 aromatic rings. The fourth-order valence-corrected chi connectivity index (χ4v) is 2.92. The van der Waals surface area contributed by atoms with Gasteiger partial charge in [0, 0.05) is 5.69 Å². The van der Waals surface area contributed by atoms with Crippen molar-refractivity contribution in [2.24, 2.45) is 11.8 Å². The number of aliphatic hydroxyl groups excluding tert-OH is 1. The van der Waals surface area contributed by atoms with Crippen LogP contribution in [0.2, 0.25) is 0 Å². The summed E-state index contributed by atoms with van der Waals surface area (Å²) in [6, 6.07) is 6.42. The quantitative estimate of drug-likeness (QED) is 0.859. The van der Waals surface area contributed by atoms with Crippen molar-refractivity contribution in [2.75, 3.05) is 11.9 Å². The molecule has 1 aliphatic rings. The first-order valence-electron chi connectivity index (χ1n) is 6.82. The van der Waals surface area contributed by atoms with Crippen LogP contribution in [-0.2, 0) is 0 Å². The minimum absolute atomic E-state index is 0.0817. The average Bonchev–Trinajstić information content (AvgIpc) is 2.38. The summed E-state index contributed by atoms with van der Waals surface area (Å²) in [6.07, 6.45) is 4.88. The van der Waals surface area contributed by atoms with Crippen LogP contribution >= 0.6 is 0 Å². The second kappa shape index (κ2) is 6.19. The van der Waals surface area contributed by atoms with Gasteiger partial charge in [-0.1, -0.05) is 19.8 Å². The predicted octanol–water partition coefficient (Wildman–Crippen LogP) is 3.42. The van der Waals surface area contributed by atoms with Gasteiger partial charge in [-0.2, -0.15) is 0 Å². The Balaban J connectivity index is 1.98. The van der Waals surface area contributed by atoms with Gasteiger partial charge in [0.25, 0.3) is 0 Å². The topological polar surface area (TPSA) is 32.3 Å². The van der Waals surface area contributed by atoms with Gasteiger partial charge in [0.1, 0.15) is 5.82 Å². The number of benzene rings is 1. The Morgan fingerprint density at radius 2 is 2.06 bits per heavy atom. The van der Waals surface area contributed by atoms with Crippen LogP contribution in [0.4, 0.5) is 10.1 Å². The molecule has 0 radical (unpaired) electrons. The maximum absolute atomic E-state index is 12.8. The van der Waals surface area contributed by atoms with Crippen LogP contribution in [0, 0.1) is 17.7 Å². The van der Waals surface area contributed by atoms with Crippen LogP contribution in [0.1, 0.15) is 32.6 Å². The molecule has 0 spiro atoms.